The second-order valence-electron chi connectivity index (χ2n) is 12.6. The Bertz CT molecular complexity index is 934. The number of fused-ring (bicyclic) bond motifs is 5. The van der Waals surface area contributed by atoms with E-state index < -0.39 is 5.97 Å². The number of carboxylic acid groups (broad SMARTS) is 1. The van der Waals surface area contributed by atoms with Crippen LogP contribution >= 0.6 is 0 Å². The lowest BCUT2D eigenvalue weighted by Crippen LogP contribution is -2.52. The van der Waals surface area contributed by atoms with E-state index in [9.17, 15) is 9.90 Å². The van der Waals surface area contributed by atoms with Crippen LogP contribution in [0.3, 0.4) is 0 Å². The predicted octanol–water partition coefficient (Wildman–Crippen LogP) is 7.10. The van der Waals surface area contributed by atoms with E-state index in [0.29, 0.717) is 29.2 Å². The standard InChI is InChI=1S/C30H44O3/c1-18(9-8-10-19(2)27(32)33)21-13-15-29(6)22-11-12-25-28(4,5)26(31)14-16-30(25,7)24(22)17-23(29)20(21)3/h10-11,17-18,21,23,25-26,31H,3,8-9,12-16H2,1-2,4-7H3,(H,32,33). The molecule has 0 aromatic heterocycles. The summed E-state index contributed by atoms with van der Waals surface area (Å²) in [6, 6.07) is 0. The normalized spacial score (nSPS) is 40.8. The summed E-state index contributed by atoms with van der Waals surface area (Å²) in [5, 5.41) is 19.9. The summed E-state index contributed by atoms with van der Waals surface area (Å²) < 4.78 is 0. The van der Waals surface area contributed by atoms with Gasteiger partial charge in [-0.25, -0.2) is 4.79 Å². The number of aliphatic hydroxyl groups excluding tert-OH is 1. The molecule has 0 spiro atoms. The van der Waals surface area contributed by atoms with Crippen molar-refractivity contribution in [1.29, 1.82) is 0 Å². The van der Waals surface area contributed by atoms with Gasteiger partial charge in [-0.15, -0.1) is 0 Å². The first-order chi connectivity index (χ1) is 15.3. The molecule has 4 rings (SSSR count). The maximum atomic E-state index is 11.1. The quantitative estimate of drug-likeness (QED) is 0.346. The highest BCUT2D eigenvalue weighted by atomic mass is 16.4. The molecule has 7 unspecified atom stereocenters. The van der Waals surface area contributed by atoms with Crippen LogP contribution in [0.1, 0.15) is 86.5 Å². The van der Waals surface area contributed by atoms with Gasteiger partial charge in [-0.05, 0) is 91.6 Å². The molecule has 2 saturated carbocycles. The number of hydrogen-bond acceptors (Lipinski definition) is 2. The summed E-state index contributed by atoms with van der Waals surface area (Å²) in [5.41, 5.74) is 5.17. The van der Waals surface area contributed by atoms with Crippen molar-refractivity contribution in [2.45, 2.75) is 92.6 Å². The topological polar surface area (TPSA) is 57.5 Å². The molecular formula is C30H44O3. The first-order valence-corrected chi connectivity index (χ1v) is 13.0. The molecular weight excluding hydrogens is 408 g/mol. The summed E-state index contributed by atoms with van der Waals surface area (Å²) in [7, 11) is 0. The molecule has 0 aliphatic heterocycles. The molecule has 3 heteroatoms. The van der Waals surface area contributed by atoms with Crippen molar-refractivity contribution in [2.24, 2.45) is 39.9 Å². The van der Waals surface area contributed by atoms with Crippen LogP contribution in [0, 0.1) is 39.9 Å². The van der Waals surface area contributed by atoms with E-state index in [2.05, 4.69) is 53.3 Å². The Morgan fingerprint density at radius 2 is 1.85 bits per heavy atom. The molecule has 0 radical (unpaired) electrons. The molecule has 4 aliphatic carbocycles. The molecule has 0 aromatic carbocycles. The first kappa shape index (κ1) is 24.5. The van der Waals surface area contributed by atoms with Crippen LogP contribution in [0.4, 0.5) is 0 Å². The maximum Gasteiger partial charge on any atom is 0.330 e. The fraction of sp³-hybridized carbons (Fsp3) is 0.700. The lowest BCUT2D eigenvalue weighted by atomic mass is 9.48. The van der Waals surface area contributed by atoms with E-state index in [-0.39, 0.29) is 22.3 Å². The van der Waals surface area contributed by atoms with Crippen LogP contribution in [0.5, 0.6) is 0 Å². The molecule has 2 fully saturated rings. The number of aliphatic hydroxyl groups is 1. The van der Waals surface area contributed by atoms with Gasteiger partial charge in [-0.1, -0.05) is 65.0 Å². The molecule has 2 N–H and O–H groups in total. The minimum Gasteiger partial charge on any atom is -0.478 e. The smallest absolute Gasteiger partial charge is 0.330 e. The molecule has 0 bridgehead atoms. The first-order valence-electron chi connectivity index (χ1n) is 13.0. The summed E-state index contributed by atoms with van der Waals surface area (Å²) in [5.74, 6) is 1.04. The van der Waals surface area contributed by atoms with Crippen LogP contribution in [0.2, 0.25) is 0 Å². The monoisotopic (exact) mass is 452 g/mol. The molecule has 0 heterocycles. The predicted molar refractivity (Wildman–Crippen MR) is 135 cm³/mol. The Morgan fingerprint density at radius 3 is 2.52 bits per heavy atom. The van der Waals surface area contributed by atoms with Gasteiger partial charge in [0.2, 0.25) is 0 Å². The van der Waals surface area contributed by atoms with Crippen molar-refractivity contribution in [2.75, 3.05) is 0 Å². The van der Waals surface area contributed by atoms with Gasteiger partial charge in [0, 0.05) is 16.9 Å². The van der Waals surface area contributed by atoms with Gasteiger partial charge in [0.1, 0.15) is 0 Å². The third kappa shape index (κ3) is 3.70. The number of carboxylic acids is 1. The minimum absolute atomic E-state index is 0.0692. The van der Waals surface area contributed by atoms with E-state index in [1.165, 1.54) is 12.0 Å². The largest absolute Gasteiger partial charge is 0.478 e. The Labute approximate surface area is 200 Å². The lowest BCUT2D eigenvalue weighted by molar-refractivity contribution is -0.132. The number of allylic oxidation sites excluding steroid dienone is 6. The highest BCUT2D eigenvalue weighted by Gasteiger charge is 2.59. The highest BCUT2D eigenvalue weighted by molar-refractivity contribution is 5.85. The molecule has 0 aromatic rings. The minimum atomic E-state index is -0.820. The highest BCUT2D eigenvalue weighted by Crippen LogP contribution is 2.68. The SMILES string of the molecule is C=C1C(C(C)CCC=C(C)C(=O)O)CCC2(C)C3=CCC4C(C)(CCC(O)C4(C)C)C3=CC12. The summed E-state index contributed by atoms with van der Waals surface area (Å²) in [6.07, 6.45) is 13.9. The van der Waals surface area contributed by atoms with Crippen LogP contribution in [0.15, 0.2) is 47.1 Å². The third-order valence-corrected chi connectivity index (χ3v) is 10.5. The molecule has 3 nitrogen and oxygen atoms in total. The van der Waals surface area contributed by atoms with Crippen LogP contribution < -0.4 is 0 Å². The number of aliphatic carboxylic acids is 1. The maximum absolute atomic E-state index is 11.1. The van der Waals surface area contributed by atoms with Gasteiger partial charge in [-0.2, -0.15) is 0 Å². The van der Waals surface area contributed by atoms with Gasteiger partial charge >= 0.3 is 5.97 Å². The van der Waals surface area contributed by atoms with E-state index in [1.54, 1.807) is 18.1 Å². The van der Waals surface area contributed by atoms with Gasteiger partial charge in [0.25, 0.3) is 0 Å². The van der Waals surface area contributed by atoms with Crippen LogP contribution in [-0.4, -0.2) is 22.3 Å². The van der Waals surface area contributed by atoms with Crippen molar-refractivity contribution in [3.05, 3.63) is 47.1 Å². The van der Waals surface area contributed by atoms with Crippen molar-refractivity contribution in [1.82, 2.24) is 0 Å². The van der Waals surface area contributed by atoms with Crippen molar-refractivity contribution in [3.8, 4) is 0 Å². The van der Waals surface area contributed by atoms with E-state index in [1.807, 2.05) is 6.08 Å². The van der Waals surface area contributed by atoms with Gasteiger partial charge in [0.05, 0.1) is 6.10 Å². The fourth-order valence-corrected chi connectivity index (χ4v) is 8.09. The Kier molecular flexibility index (Phi) is 6.13. The van der Waals surface area contributed by atoms with Crippen molar-refractivity contribution < 1.29 is 15.0 Å². The lowest BCUT2D eigenvalue weighted by Gasteiger charge is -2.57. The van der Waals surface area contributed by atoms with Crippen LogP contribution in [0.25, 0.3) is 0 Å². The van der Waals surface area contributed by atoms with Crippen molar-refractivity contribution in [3.63, 3.8) is 0 Å². The number of hydrogen-bond donors (Lipinski definition) is 2. The molecule has 7 atom stereocenters. The van der Waals surface area contributed by atoms with E-state index in [0.717, 1.165) is 38.5 Å². The second-order valence-corrected chi connectivity index (χ2v) is 12.6. The Hall–Kier alpha value is -1.61. The molecule has 33 heavy (non-hydrogen) atoms. The summed E-state index contributed by atoms with van der Waals surface area (Å²) in [4.78, 5) is 11.1. The molecule has 0 amide bonds. The van der Waals surface area contributed by atoms with E-state index in [4.69, 9.17) is 5.11 Å². The van der Waals surface area contributed by atoms with Gasteiger partial charge in [0.15, 0.2) is 0 Å². The second kappa shape index (κ2) is 8.26. The third-order valence-electron chi connectivity index (χ3n) is 10.5. The average Bonchev–Trinajstić information content (AvgIpc) is 3.06. The van der Waals surface area contributed by atoms with Crippen molar-refractivity contribution >= 4 is 5.97 Å². The number of rotatable bonds is 5. The average molecular weight is 453 g/mol. The number of carbonyl (C=O) groups is 1. The molecule has 4 aliphatic rings. The zero-order valence-corrected chi connectivity index (χ0v) is 21.6. The zero-order valence-electron chi connectivity index (χ0n) is 21.6. The summed E-state index contributed by atoms with van der Waals surface area (Å²) in [6.45, 7) is 18.1. The molecule has 182 valence electrons. The Morgan fingerprint density at radius 1 is 1.18 bits per heavy atom. The zero-order chi connectivity index (χ0) is 24.3. The summed E-state index contributed by atoms with van der Waals surface area (Å²) >= 11 is 0. The van der Waals surface area contributed by atoms with Crippen LogP contribution in [-0.2, 0) is 4.79 Å². The van der Waals surface area contributed by atoms with Gasteiger partial charge in [-0.3, -0.25) is 0 Å². The Balaban J connectivity index is 1.58. The van der Waals surface area contributed by atoms with E-state index >= 15 is 0 Å². The fourth-order valence-electron chi connectivity index (χ4n) is 8.09. The molecule has 0 saturated heterocycles. The van der Waals surface area contributed by atoms with Gasteiger partial charge < -0.3 is 10.2 Å².